The molecule has 1 N–H and O–H groups in total. The molecule has 0 aliphatic heterocycles. The van der Waals surface area contributed by atoms with E-state index in [-0.39, 0.29) is 17.3 Å². The Morgan fingerprint density at radius 2 is 1.79 bits per heavy atom. The molecule has 0 atom stereocenters. The minimum absolute atomic E-state index is 0.132. The molecule has 2 rings (SSSR count). The van der Waals surface area contributed by atoms with Gasteiger partial charge in [0.05, 0.1) is 11.4 Å². The molecule has 0 spiro atoms. The number of carbonyl (C=O) groups is 1. The summed E-state index contributed by atoms with van der Waals surface area (Å²) in [5.74, 6) is -0.387. The van der Waals surface area contributed by atoms with Gasteiger partial charge in [-0.05, 0) is 59.1 Å². The lowest BCUT2D eigenvalue weighted by molar-refractivity contribution is -0.116. The Hall–Kier alpha value is -1.70. The van der Waals surface area contributed by atoms with Crippen molar-refractivity contribution in [1.29, 1.82) is 0 Å². The number of amides is 1. The Morgan fingerprint density at radius 1 is 1.12 bits per heavy atom. The third-order valence-corrected chi connectivity index (χ3v) is 6.59. The van der Waals surface area contributed by atoms with Gasteiger partial charge >= 0.3 is 0 Å². The lowest BCUT2D eigenvalue weighted by Gasteiger charge is -2.18. The highest BCUT2D eigenvalue weighted by molar-refractivity contribution is 9.10. The quantitative estimate of drug-likeness (QED) is 0.821. The molecule has 7 heteroatoms. The minimum atomic E-state index is -3.75. The number of rotatable bonds is 5. The SMILES string of the molecule is Cc1cccc(NC(=O)CN(C)S(=O)(=O)c2ccccc2Br)c1C. The van der Waals surface area contributed by atoms with Crippen LogP contribution in [0.3, 0.4) is 0 Å². The molecule has 128 valence electrons. The minimum Gasteiger partial charge on any atom is -0.325 e. The van der Waals surface area contributed by atoms with Gasteiger partial charge in [-0.3, -0.25) is 4.79 Å². The molecule has 0 aliphatic rings. The van der Waals surface area contributed by atoms with Crippen LogP contribution in [0.25, 0.3) is 0 Å². The second-order valence-corrected chi connectivity index (χ2v) is 8.35. The molecule has 2 aromatic carbocycles. The van der Waals surface area contributed by atoms with Crippen LogP contribution >= 0.6 is 15.9 Å². The predicted octanol–water partition coefficient (Wildman–Crippen LogP) is 3.33. The van der Waals surface area contributed by atoms with Crippen LogP contribution in [-0.2, 0) is 14.8 Å². The summed E-state index contributed by atoms with van der Waals surface area (Å²) in [6.07, 6.45) is 0. The van der Waals surface area contributed by atoms with Gasteiger partial charge in [0, 0.05) is 17.2 Å². The fourth-order valence-corrected chi connectivity index (χ4v) is 4.27. The molecule has 0 saturated carbocycles. The highest BCUT2D eigenvalue weighted by Gasteiger charge is 2.25. The highest BCUT2D eigenvalue weighted by atomic mass is 79.9. The van der Waals surface area contributed by atoms with Gasteiger partial charge in [-0.2, -0.15) is 4.31 Å². The topological polar surface area (TPSA) is 66.5 Å². The van der Waals surface area contributed by atoms with Crippen molar-refractivity contribution in [3.05, 3.63) is 58.1 Å². The zero-order valence-electron chi connectivity index (χ0n) is 13.7. The number of anilines is 1. The van der Waals surface area contributed by atoms with E-state index in [0.29, 0.717) is 10.2 Å². The number of aryl methyl sites for hydroxylation is 1. The zero-order chi connectivity index (χ0) is 17.9. The first-order chi connectivity index (χ1) is 11.2. The van der Waals surface area contributed by atoms with Crippen LogP contribution in [0.1, 0.15) is 11.1 Å². The largest absolute Gasteiger partial charge is 0.325 e. The number of sulfonamides is 1. The van der Waals surface area contributed by atoms with E-state index < -0.39 is 10.0 Å². The van der Waals surface area contributed by atoms with Crippen LogP contribution in [0.4, 0.5) is 5.69 Å². The highest BCUT2D eigenvalue weighted by Crippen LogP contribution is 2.24. The molecule has 5 nitrogen and oxygen atoms in total. The number of carbonyl (C=O) groups excluding carboxylic acids is 1. The molecule has 0 bridgehead atoms. The van der Waals surface area contributed by atoms with Crippen molar-refractivity contribution in [3.63, 3.8) is 0 Å². The van der Waals surface area contributed by atoms with Crippen LogP contribution < -0.4 is 5.32 Å². The standard InChI is InChI=1S/C17H19BrN2O3S/c1-12-7-6-9-15(13(12)2)19-17(21)11-20(3)24(22,23)16-10-5-4-8-14(16)18/h4-10H,11H2,1-3H3,(H,19,21). The van der Waals surface area contributed by atoms with Crippen molar-refractivity contribution in [3.8, 4) is 0 Å². The van der Waals surface area contributed by atoms with Crippen molar-refractivity contribution < 1.29 is 13.2 Å². The van der Waals surface area contributed by atoms with Gasteiger partial charge in [-0.1, -0.05) is 24.3 Å². The van der Waals surface area contributed by atoms with Gasteiger partial charge in [0.2, 0.25) is 15.9 Å². The first kappa shape index (κ1) is 18.6. The molecule has 0 heterocycles. The maximum Gasteiger partial charge on any atom is 0.244 e. The number of nitrogens with zero attached hydrogens (tertiary/aromatic N) is 1. The smallest absolute Gasteiger partial charge is 0.244 e. The Labute approximate surface area is 150 Å². The fourth-order valence-electron chi connectivity index (χ4n) is 2.19. The summed E-state index contributed by atoms with van der Waals surface area (Å²) >= 11 is 3.23. The first-order valence-corrected chi connectivity index (χ1v) is 9.53. The van der Waals surface area contributed by atoms with Gasteiger partial charge < -0.3 is 5.32 Å². The second kappa shape index (κ2) is 7.46. The average molecular weight is 411 g/mol. The summed E-state index contributed by atoms with van der Waals surface area (Å²) in [7, 11) is -2.36. The summed E-state index contributed by atoms with van der Waals surface area (Å²) < 4.78 is 26.7. The van der Waals surface area contributed by atoms with Crippen molar-refractivity contribution in [2.45, 2.75) is 18.7 Å². The fraction of sp³-hybridized carbons (Fsp3) is 0.235. The summed E-state index contributed by atoms with van der Waals surface area (Å²) in [6, 6.07) is 12.1. The number of halogens is 1. The molecule has 0 aromatic heterocycles. The van der Waals surface area contributed by atoms with E-state index in [0.717, 1.165) is 15.4 Å². The Bertz CT molecular complexity index is 866. The zero-order valence-corrected chi connectivity index (χ0v) is 16.1. The van der Waals surface area contributed by atoms with Crippen molar-refractivity contribution >= 4 is 37.5 Å². The summed E-state index contributed by atoms with van der Waals surface area (Å²) in [5.41, 5.74) is 2.70. The van der Waals surface area contributed by atoms with Crippen molar-refractivity contribution in [2.75, 3.05) is 18.9 Å². The lowest BCUT2D eigenvalue weighted by Crippen LogP contribution is -2.35. The molecule has 2 aromatic rings. The number of hydrogen-bond donors (Lipinski definition) is 1. The molecule has 24 heavy (non-hydrogen) atoms. The average Bonchev–Trinajstić information content (AvgIpc) is 2.52. The lowest BCUT2D eigenvalue weighted by atomic mass is 10.1. The summed E-state index contributed by atoms with van der Waals surface area (Å²) in [4.78, 5) is 12.4. The van der Waals surface area contributed by atoms with E-state index in [1.165, 1.54) is 13.1 Å². The van der Waals surface area contributed by atoms with E-state index in [9.17, 15) is 13.2 Å². The Kier molecular flexibility index (Phi) is 5.79. The predicted molar refractivity (Wildman–Crippen MR) is 98.5 cm³/mol. The number of likely N-dealkylation sites (N-methyl/N-ethyl adjacent to an activating group) is 1. The van der Waals surface area contributed by atoms with Gasteiger partial charge in [-0.15, -0.1) is 0 Å². The molecule has 0 unspecified atom stereocenters. The van der Waals surface area contributed by atoms with E-state index in [4.69, 9.17) is 0 Å². The second-order valence-electron chi connectivity index (χ2n) is 5.49. The first-order valence-electron chi connectivity index (χ1n) is 7.30. The van der Waals surface area contributed by atoms with Crippen molar-refractivity contribution in [1.82, 2.24) is 4.31 Å². The molecular weight excluding hydrogens is 392 g/mol. The van der Waals surface area contributed by atoms with Gasteiger partial charge in [0.15, 0.2) is 0 Å². The Morgan fingerprint density at radius 3 is 2.46 bits per heavy atom. The van der Waals surface area contributed by atoms with Crippen LogP contribution in [0.15, 0.2) is 51.8 Å². The summed E-state index contributed by atoms with van der Waals surface area (Å²) in [6.45, 7) is 3.60. The van der Waals surface area contributed by atoms with Crippen molar-refractivity contribution in [2.24, 2.45) is 0 Å². The van der Waals surface area contributed by atoms with Crippen LogP contribution in [-0.4, -0.2) is 32.2 Å². The van der Waals surface area contributed by atoms with Gasteiger partial charge in [-0.25, -0.2) is 8.42 Å². The molecule has 0 aliphatic carbocycles. The number of nitrogens with one attached hydrogen (secondary N) is 1. The maximum absolute atomic E-state index is 12.6. The molecule has 1 amide bonds. The number of hydrogen-bond acceptors (Lipinski definition) is 3. The normalized spacial score (nSPS) is 11.5. The third-order valence-electron chi connectivity index (χ3n) is 3.77. The Balaban J connectivity index is 2.14. The molecule has 0 radical (unpaired) electrons. The molecule has 0 saturated heterocycles. The van der Waals surface area contributed by atoms with E-state index in [1.807, 2.05) is 26.0 Å². The van der Waals surface area contributed by atoms with Crippen LogP contribution in [0.2, 0.25) is 0 Å². The van der Waals surface area contributed by atoms with Gasteiger partial charge in [0.1, 0.15) is 0 Å². The monoisotopic (exact) mass is 410 g/mol. The van der Waals surface area contributed by atoms with Crippen LogP contribution in [0, 0.1) is 13.8 Å². The van der Waals surface area contributed by atoms with E-state index in [1.54, 1.807) is 24.3 Å². The third kappa shape index (κ3) is 4.03. The van der Waals surface area contributed by atoms with E-state index in [2.05, 4.69) is 21.2 Å². The van der Waals surface area contributed by atoms with Gasteiger partial charge in [0.25, 0.3) is 0 Å². The van der Waals surface area contributed by atoms with Crippen LogP contribution in [0.5, 0.6) is 0 Å². The van der Waals surface area contributed by atoms with E-state index >= 15 is 0 Å². The molecule has 0 fully saturated rings. The molecular formula is C17H19BrN2O3S. The maximum atomic E-state index is 12.6. The summed E-state index contributed by atoms with van der Waals surface area (Å²) in [5, 5.41) is 2.76. The number of benzene rings is 2.